The normalized spacial score (nSPS) is 21.1. The van der Waals surface area contributed by atoms with Crippen molar-refractivity contribution in [3.05, 3.63) is 0 Å². The second kappa shape index (κ2) is 9.99. The third kappa shape index (κ3) is 6.96. The zero-order valence-corrected chi connectivity index (χ0v) is 14.7. The Morgan fingerprint density at radius 3 is 2.65 bits per heavy atom. The van der Waals surface area contributed by atoms with Gasteiger partial charge < -0.3 is 23.9 Å². The molecule has 23 heavy (non-hydrogen) atoms. The lowest BCUT2D eigenvalue weighted by molar-refractivity contribution is -0.510. The van der Waals surface area contributed by atoms with Crippen LogP contribution in [0.1, 0.15) is 6.42 Å². The first-order valence-electron chi connectivity index (χ1n) is 8.27. The van der Waals surface area contributed by atoms with Crippen LogP contribution in [0.4, 0.5) is 0 Å². The van der Waals surface area contributed by atoms with E-state index >= 15 is 0 Å². The molecule has 0 radical (unpaired) electrons. The van der Waals surface area contributed by atoms with E-state index in [1.54, 1.807) is 0 Å². The molecular formula is C14H27N3O5Si. The molecule has 1 N–H and O–H groups in total. The van der Waals surface area contributed by atoms with Crippen LogP contribution in [0, 0.1) is 0 Å². The molecule has 0 aromatic carbocycles. The summed E-state index contributed by atoms with van der Waals surface area (Å²) in [6.07, 6.45) is 2.07. The van der Waals surface area contributed by atoms with Crippen LogP contribution in [-0.4, -0.2) is 107 Å². The van der Waals surface area contributed by atoms with Crippen molar-refractivity contribution in [1.82, 2.24) is 9.80 Å². The van der Waals surface area contributed by atoms with Gasteiger partial charge in [0.05, 0.1) is 19.7 Å². The summed E-state index contributed by atoms with van der Waals surface area (Å²) in [5.41, 5.74) is 0. The van der Waals surface area contributed by atoms with Gasteiger partial charge in [-0.25, -0.2) is 0 Å². The summed E-state index contributed by atoms with van der Waals surface area (Å²) in [6.45, 7) is 7.03. The molecule has 0 aromatic heterocycles. The largest absolute Gasteiger partial charge is 0.550 e. The molecular weight excluding hydrogens is 318 g/mol. The number of aliphatic hydroxyl groups excluding tert-OH is 1. The molecule has 0 saturated carbocycles. The average Bonchev–Trinajstić information content (AvgIpc) is 2.95. The van der Waals surface area contributed by atoms with Gasteiger partial charge in [-0.2, -0.15) is 0 Å². The molecule has 0 aliphatic carbocycles. The number of rotatable bonds is 8. The highest BCUT2D eigenvalue weighted by molar-refractivity contribution is 6.44. The van der Waals surface area contributed by atoms with Crippen molar-refractivity contribution in [3.8, 4) is 0 Å². The van der Waals surface area contributed by atoms with Crippen LogP contribution in [0.2, 0.25) is 6.04 Å². The Morgan fingerprint density at radius 2 is 2.00 bits per heavy atom. The summed E-state index contributed by atoms with van der Waals surface area (Å²) in [4.78, 5) is 14.6. The van der Waals surface area contributed by atoms with Gasteiger partial charge in [0.15, 0.2) is 0 Å². The van der Waals surface area contributed by atoms with Crippen molar-refractivity contribution in [1.29, 1.82) is 0 Å². The van der Waals surface area contributed by atoms with Crippen molar-refractivity contribution in [2.45, 2.75) is 12.5 Å². The topological polar surface area (TPSA) is 88.3 Å². The molecule has 2 rings (SSSR count). The molecule has 0 spiro atoms. The monoisotopic (exact) mass is 345 g/mol. The van der Waals surface area contributed by atoms with E-state index in [2.05, 4.69) is 9.48 Å². The lowest BCUT2D eigenvalue weighted by atomic mass is 10.4. The molecule has 8 nitrogen and oxygen atoms in total. The van der Waals surface area contributed by atoms with Gasteiger partial charge in [-0.15, -0.1) is 0 Å². The van der Waals surface area contributed by atoms with Crippen molar-refractivity contribution >= 4 is 21.6 Å². The summed E-state index contributed by atoms with van der Waals surface area (Å²) in [7, 11) is -1.63. The van der Waals surface area contributed by atoms with E-state index in [1.807, 2.05) is 11.2 Å². The van der Waals surface area contributed by atoms with E-state index < -0.39 is 15.3 Å². The number of β-amino-alcohol motifs (C(OH)–C–C–N with tert-alkyl or cyclic N) is 1. The number of hydrogen-bond donors (Lipinski definition) is 1. The molecule has 0 unspecified atom stereocenters. The number of aliphatic hydroxyl groups is 1. The molecule has 0 aromatic rings. The van der Waals surface area contributed by atoms with Crippen molar-refractivity contribution in [2.24, 2.45) is 0 Å². The average molecular weight is 345 g/mol. The highest BCUT2D eigenvalue weighted by Crippen LogP contribution is 2.05. The van der Waals surface area contributed by atoms with Gasteiger partial charge in [0, 0.05) is 51.3 Å². The summed E-state index contributed by atoms with van der Waals surface area (Å²) in [5.74, 6) is -1.00. The van der Waals surface area contributed by atoms with Gasteiger partial charge in [-0.05, 0) is 0 Å². The molecule has 2 aliphatic heterocycles. The van der Waals surface area contributed by atoms with E-state index in [-0.39, 0.29) is 13.0 Å². The van der Waals surface area contributed by atoms with Crippen molar-refractivity contribution in [2.75, 3.05) is 65.6 Å². The van der Waals surface area contributed by atoms with Gasteiger partial charge in [0.1, 0.15) is 13.1 Å². The first-order valence-corrected chi connectivity index (χ1v) is 10.0. The lowest BCUT2D eigenvalue weighted by Crippen LogP contribution is -2.40. The van der Waals surface area contributed by atoms with Crippen LogP contribution >= 0.6 is 0 Å². The molecule has 2 aliphatic rings. The first kappa shape index (κ1) is 18.3. The molecule has 2 heterocycles. The van der Waals surface area contributed by atoms with Crippen LogP contribution in [0.5, 0.6) is 0 Å². The van der Waals surface area contributed by atoms with Crippen LogP contribution in [0.3, 0.4) is 0 Å². The third-order valence-corrected chi connectivity index (χ3v) is 6.04. The standard InChI is InChI=1S/C14H27N3O5Si/c18-9-5-15-6-10-21-23(22-11-7-15)12-8-17-4-3-16(13-17)2-1-14(19)20/h13,18,23H,1-12H2. The number of carboxylic acid groups (broad SMARTS) is 1. The Balaban J connectivity index is 1.66. The third-order valence-electron chi connectivity index (χ3n) is 4.09. The Labute approximate surface area is 138 Å². The van der Waals surface area contributed by atoms with E-state index in [0.29, 0.717) is 26.3 Å². The fourth-order valence-corrected chi connectivity index (χ4v) is 4.48. The molecule has 9 heteroatoms. The minimum atomic E-state index is -1.63. The second-order valence-corrected chi connectivity index (χ2v) is 7.94. The molecule has 0 bridgehead atoms. The number of aliphatic carboxylic acids is 1. The zero-order chi connectivity index (χ0) is 16.5. The zero-order valence-electron chi connectivity index (χ0n) is 13.6. The molecule has 0 atom stereocenters. The number of carbonyl (C=O) groups is 1. The van der Waals surface area contributed by atoms with Gasteiger partial charge in [0.2, 0.25) is 6.34 Å². The number of carbonyl (C=O) groups excluding carboxylic acids is 1. The number of nitrogens with zero attached hydrogens (tertiary/aromatic N) is 3. The minimum Gasteiger partial charge on any atom is -0.550 e. The predicted molar refractivity (Wildman–Crippen MR) is 84.6 cm³/mol. The van der Waals surface area contributed by atoms with E-state index in [4.69, 9.17) is 14.0 Å². The van der Waals surface area contributed by atoms with Gasteiger partial charge >= 0.3 is 9.28 Å². The lowest BCUT2D eigenvalue weighted by Gasteiger charge is -2.27. The number of hydrogen-bond acceptors (Lipinski definition) is 7. The molecule has 0 amide bonds. The van der Waals surface area contributed by atoms with Crippen LogP contribution < -0.4 is 5.11 Å². The molecule has 1 saturated heterocycles. The van der Waals surface area contributed by atoms with Crippen LogP contribution in [0.15, 0.2) is 0 Å². The van der Waals surface area contributed by atoms with Crippen LogP contribution in [-0.2, 0) is 13.6 Å². The van der Waals surface area contributed by atoms with E-state index in [0.717, 1.165) is 38.8 Å². The van der Waals surface area contributed by atoms with Crippen molar-refractivity contribution < 1.29 is 28.4 Å². The summed E-state index contributed by atoms with van der Waals surface area (Å²) < 4.78 is 14.0. The maximum Gasteiger partial charge on any atom is 0.325 e. The quantitative estimate of drug-likeness (QED) is 0.372. The SMILES string of the molecule is O=C([O-])CCN1C=[N+](CC[SiH]2OCCN(CCO)CCO2)CC1. The Morgan fingerprint density at radius 1 is 1.26 bits per heavy atom. The van der Waals surface area contributed by atoms with Gasteiger partial charge in [-0.3, -0.25) is 14.4 Å². The first-order chi connectivity index (χ1) is 11.2. The van der Waals surface area contributed by atoms with Gasteiger partial charge in [0.25, 0.3) is 0 Å². The summed E-state index contributed by atoms with van der Waals surface area (Å²) >= 11 is 0. The van der Waals surface area contributed by atoms with Crippen molar-refractivity contribution in [3.63, 3.8) is 0 Å². The highest BCUT2D eigenvalue weighted by Gasteiger charge is 2.23. The summed E-state index contributed by atoms with van der Waals surface area (Å²) in [5, 5.41) is 19.4. The smallest absolute Gasteiger partial charge is 0.325 e. The maximum atomic E-state index is 10.5. The Bertz CT molecular complexity index is 400. The fourth-order valence-electron chi connectivity index (χ4n) is 2.77. The Kier molecular flexibility index (Phi) is 7.96. The molecule has 132 valence electrons. The fraction of sp³-hybridized carbons (Fsp3) is 0.857. The van der Waals surface area contributed by atoms with E-state index in [9.17, 15) is 9.90 Å². The van der Waals surface area contributed by atoms with Crippen LogP contribution in [0.25, 0.3) is 0 Å². The molecule has 1 fully saturated rings. The summed E-state index contributed by atoms with van der Waals surface area (Å²) in [6, 6.07) is 0.921. The maximum absolute atomic E-state index is 10.5. The predicted octanol–water partition coefficient (Wildman–Crippen LogP) is -2.96. The Hall–Kier alpha value is -1.00. The second-order valence-electron chi connectivity index (χ2n) is 5.83. The van der Waals surface area contributed by atoms with Gasteiger partial charge in [-0.1, -0.05) is 0 Å². The van der Waals surface area contributed by atoms with E-state index in [1.165, 1.54) is 0 Å². The number of carboxylic acids is 1. The highest BCUT2D eigenvalue weighted by atomic mass is 28.3. The minimum absolute atomic E-state index is 0.0677.